The molecule has 3 heterocycles. The second-order valence-electron chi connectivity index (χ2n) is 3.89. The Kier molecular flexibility index (Phi) is 3.03. The van der Waals surface area contributed by atoms with E-state index < -0.39 is 10.0 Å². The fraction of sp³-hybridized carbons (Fsp3) is 0. The Labute approximate surface area is 119 Å². The molecule has 0 unspecified atom stereocenters. The molecule has 2 N–H and O–H groups in total. The van der Waals surface area contributed by atoms with Gasteiger partial charge in [-0.05, 0) is 12.1 Å². The SMILES string of the molecule is O=S(=O)(Nc1cncc(Cl)n1)c1c[nH]c2ncccc12. The molecule has 102 valence electrons. The van der Waals surface area contributed by atoms with E-state index in [-0.39, 0.29) is 15.9 Å². The van der Waals surface area contributed by atoms with Crippen LogP contribution in [0.3, 0.4) is 0 Å². The highest BCUT2D eigenvalue weighted by Gasteiger charge is 2.20. The summed E-state index contributed by atoms with van der Waals surface area (Å²) >= 11 is 5.67. The van der Waals surface area contributed by atoms with Crippen molar-refractivity contribution in [2.45, 2.75) is 4.90 Å². The van der Waals surface area contributed by atoms with Crippen LogP contribution in [-0.2, 0) is 10.0 Å². The normalized spacial score (nSPS) is 11.7. The third kappa shape index (κ3) is 2.30. The lowest BCUT2D eigenvalue weighted by Crippen LogP contribution is -2.13. The molecule has 0 aliphatic heterocycles. The van der Waals surface area contributed by atoms with Crippen molar-refractivity contribution in [1.82, 2.24) is 19.9 Å². The van der Waals surface area contributed by atoms with Crippen molar-refractivity contribution in [1.29, 1.82) is 0 Å². The smallest absolute Gasteiger partial charge is 0.265 e. The number of fused-ring (bicyclic) bond motifs is 1. The molecule has 0 amide bonds. The predicted molar refractivity (Wildman–Crippen MR) is 73.9 cm³/mol. The summed E-state index contributed by atoms with van der Waals surface area (Å²) in [5.74, 6) is 0.0516. The molecule has 3 rings (SSSR count). The monoisotopic (exact) mass is 309 g/mol. The van der Waals surface area contributed by atoms with Gasteiger partial charge in [0.15, 0.2) is 5.82 Å². The Bertz CT molecular complexity index is 877. The Morgan fingerprint density at radius 1 is 1.30 bits per heavy atom. The van der Waals surface area contributed by atoms with E-state index in [9.17, 15) is 8.42 Å². The van der Waals surface area contributed by atoms with Crippen molar-refractivity contribution < 1.29 is 8.42 Å². The minimum Gasteiger partial charge on any atom is -0.345 e. The summed E-state index contributed by atoms with van der Waals surface area (Å²) in [6.07, 6.45) is 5.54. The van der Waals surface area contributed by atoms with Gasteiger partial charge in [0.2, 0.25) is 0 Å². The van der Waals surface area contributed by atoms with Crippen molar-refractivity contribution in [2.75, 3.05) is 4.72 Å². The van der Waals surface area contributed by atoms with Gasteiger partial charge in [0.05, 0.1) is 12.4 Å². The topological polar surface area (TPSA) is 101 Å². The summed E-state index contributed by atoms with van der Waals surface area (Å²) in [5, 5.41) is 0.598. The molecule has 7 nitrogen and oxygen atoms in total. The molecule has 0 atom stereocenters. The highest BCUT2D eigenvalue weighted by Crippen LogP contribution is 2.22. The molecule has 0 spiro atoms. The fourth-order valence-electron chi connectivity index (χ4n) is 1.74. The summed E-state index contributed by atoms with van der Waals surface area (Å²) in [4.78, 5) is 14.5. The van der Waals surface area contributed by atoms with E-state index in [0.29, 0.717) is 11.0 Å². The van der Waals surface area contributed by atoms with Gasteiger partial charge in [-0.25, -0.2) is 18.4 Å². The Morgan fingerprint density at radius 3 is 2.95 bits per heavy atom. The molecule has 0 bridgehead atoms. The predicted octanol–water partition coefficient (Wildman–Crippen LogP) is 1.81. The quantitative estimate of drug-likeness (QED) is 0.768. The molecule has 0 radical (unpaired) electrons. The van der Waals surface area contributed by atoms with Crippen LogP contribution in [0.4, 0.5) is 5.82 Å². The zero-order valence-corrected chi connectivity index (χ0v) is 11.5. The van der Waals surface area contributed by atoms with Gasteiger partial charge < -0.3 is 4.98 Å². The Hall–Kier alpha value is -2.19. The van der Waals surface area contributed by atoms with E-state index in [1.54, 1.807) is 18.3 Å². The van der Waals surface area contributed by atoms with Gasteiger partial charge >= 0.3 is 0 Å². The minimum atomic E-state index is -3.80. The summed E-state index contributed by atoms with van der Waals surface area (Å²) in [5.41, 5.74) is 0.491. The fourth-order valence-corrected chi connectivity index (χ4v) is 3.04. The van der Waals surface area contributed by atoms with E-state index >= 15 is 0 Å². The van der Waals surface area contributed by atoms with Crippen LogP contribution >= 0.6 is 11.6 Å². The molecular weight excluding hydrogens is 302 g/mol. The van der Waals surface area contributed by atoms with Crippen LogP contribution in [0.5, 0.6) is 0 Å². The van der Waals surface area contributed by atoms with Gasteiger partial charge in [0.25, 0.3) is 10.0 Å². The third-order valence-electron chi connectivity index (χ3n) is 2.55. The Morgan fingerprint density at radius 2 is 2.15 bits per heavy atom. The highest BCUT2D eigenvalue weighted by molar-refractivity contribution is 7.93. The number of sulfonamides is 1. The minimum absolute atomic E-state index is 0.0516. The van der Waals surface area contributed by atoms with Crippen LogP contribution in [-0.4, -0.2) is 28.4 Å². The summed E-state index contributed by atoms with van der Waals surface area (Å²) in [6, 6.07) is 3.32. The van der Waals surface area contributed by atoms with Crippen LogP contribution in [0, 0.1) is 0 Å². The summed E-state index contributed by atoms with van der Waals surface area (Å²) in [6.45, 7) is 0. The van der Waals surface area contributed by atoms with Crippen LogP contribution in [0.2, 0.25) is 5.15 Å². The van der Waals surface area contributed by atoms with Crippen LogP contribution in [0.15, 0.2) is 41.8 Å². The zero-order chi connectivity index (χ0) is 14.2. The molecular formula is C11H8ClN5O2S. The van der Waals surface area contributed by atoms with Gasteiger partial charge in [-0.15, -0.1) is 0 Å². The maximum Gasteiger partial charge on any atom is 0.265 e. The molecule has 0 fully saturated rings. The van der Waals surface area contributed by atoms with Crippen molar-refractivity contribution in [3.63, 3.8) is 0 Å². The maximum absolute atomic E-state index is 12.3. The number of aromatic amines is 1. The van der Waals surface area contributed by atoms with E-state index in [1.165, 1.54) is 18.6 Å². The zero-order valence-electron chi connectivity index (χ0n) is 9.91. The number of pyridine rings is 1. The van der Waals surface area contributed by atoms with E-state index in [2.05, 4.69) is 24.7 Å². The number of H-pyrrole nitrogens is 1. The van der Waals surface area contributed by atoms with Gasteiger partial charge in [-0.3, -0.25) is 9.71 Å². The standard InChI is InChI=1S/C11H8ClN5O2S/c12-9-5-13-6-10(16-9)17-20(18,19)8-4-15-11-7(8)2-1-3-14-11/h1-6H,(H,14,15)(H,16,17). The second-order valence-corrected chi connectivity index (χ2v) is 5.92. The molecule has 0 aliphatic carbocycles. The molecule has 3 aromatic heterocycles. The second kappa shape index (κ2) is 4.73. The number of nitrogens with one attached hydrogen (secondary N) is 2. The van der Waals surface area contributed by atoms with Crippen LogP contribution in [0.1, 0.15) is 0 Å². The average molecular weight is 310 g/mol. The first kappa shape index (κ1) is 12.8. The first-order valence-electron chi connectivity index (χ1n) is 5.49. The van der Waals surface area contributed by atoms with E-state index in [0.717, 1.165) is 0 Å². The molecule has 9 heteroatoms. The first-order chi connectivity index (χ1) is 9.56. The van der Waals surface area contributed by atoms with Gasteiger partial charge in [-0.1, -0.05) is 11.6 Å². The number of hydrogen-bond donors (Lipinski definition) is 2. The van der Waals surface area contributed by atoms with Gasteiger partial charge in [-0.2, -0.15) is 0 Å². The first-order valence-corrected chi connectivity index (χ1v) is 7.35. The highest BCUT2D eigenvalue weighted by atomic mass is 35.5. The van der Waals surface area contributed by atoms with E-state index in [1.807, 2.05) is 0 Å². The maximum atomic E-state index is 12.3. The molecule has 20 heavy (non-hydrogen) atoms. The van der Waals surface area contributed by atoms with Crippen molar-refractivity contribution >= 4 is 38.5 Å². The molecule has 0 saturated carbocycles. The molecule has 3 aromatic rings. The lowest BCUT2D eigenvalue weighted by atomic mass is 10.3. The average Bonchev–Trinajstić information content (AvgIpc) is 2.82. The van der Waals surface area contributed by atoms with E-state index in [4.69, 9.17) is 11.6 Å². The number of aromatic nitrogens is 4. The van der Waals surface area contributed by atoms with Crippen LogP contribution in [0.25, 0.3) is 11.0 Å². The molecule has 0 aliphatic rings. The summed E-state index contributed by atoms with van der Waals surface area (Å²) < 4.78 is 27.0. The lowest BCUT2D eigenvalue weighted by molar-refractivity contribution is 0.602. The lowest BCUT2D eigenvalue weighted by Gasteiger charge is -2.05. The number of anilines is 1. The van der Waals surface area contributed by atoms with Crippen LogP contribution < -0.4 is 4.72 Å². The van der Waals surface area contributed by atoms with Gasteiger partial charge in [0.1, 0.15) is 15.7 Å². The number of nitrogens with zero attached hydrogens (tertiary/aromatic N) is 3. The Balaban J connectivity index is 2.04. The number of halogens is 1. The van der Waals surface area contributed by atoms with Gasteiger partial charge in [0, 0.05) is 17.8 Å². The largest absolute Gasteiger partial charge is 0.345 e. The van der Waals surface area contributed by atoms with Crippen molar-refractivity contribution in [3.8, 4) is 0 Å². The molecule has 0 aromatic carbocycles. The number of rotatable bonds is 3. The number of hydrogen-bond acceptors (Lipinski definition) is 5. The van der Waals surface area contributed by atoms with Crippen molar-refractivity contribution in [3.05, 3.63) is 42.1 Å². The third-order valence-corrected chi connectivity index (χ3v) is 4.12. The van der Waals surface area contributed by atoms with Crippen molar-refractivity contribution in [2.24, 2.45) is 0 Å². The summed E-state index contributed by atoms with van der Waals surface area (Å²) in [7, 11) is -3.80. The molecule has 0 saturated heterocycles.